The van der Waals surface area contributed by atoms with Gasteiger partial charge in [0.1, 0.15) is 0 Å². The number of amides is 1. The number of carbonyl (C=O) groups excluding carboxylic acids is 1. The summed E-state index contributed by atoms with van der Waals surface area (Å²) in [6.45, 7) is 6.36. The largest absolute Gasteiger partial charge is 0.340 e. The molecule has 0 saturated carbocycles. The predicted molar refractivity (Wildman–Crippen MR) is 105 cm³/mol. The van der Waals surface area contributed by atoms with Gasteiger partial charge in [0.2, 0.25) is 11.8 Å². The monoisotopic (exact) mass is 390 g/mol. The van der Waals surface area contributed by atoms with Crippen molar-refractivity contribution in [3.63, 3.8) is 0 Å². The number of nitrogens with zero attached hydrogens (tertiary/aromatic N) is 4. The second kappa shape index (κ2) is 9.85. The highest BCUT2D eigenvalue weighted by Crippen LogP contribution is 2.14. The van der Waals surface area contributed by atoms with E-state index >= 15 is 0 Å². The van der Waals surface area contributed by atoms with E-state index in [2.05, 4.69) is 34.1 Å². The number of hydrogen-bond donors (Lipinski definition) is 0. The molecule has 0 aliphatic carbocycles. The van der Waals surface area contributed by atoms with Gasteiger partial charge in [-0.2, -0.15) is 4.98 Å². The molecule has 1 amide bonds. The summed E-state index contributed by atoms with van der Waals surface area (Å²) in [5.74, 6) is 1.61. The normalized spacial score (nSPS) is 15.3. The molecule has 2 aromatic rings. The van der Waals surface area contributed by atoms with E-state index in [9.17, 15) is 4.79 Å². The molecule has 27 heavy (non-hydrogen) atoms. The molecule has 1 aliphatic heterocycles. The Morgan fingerprint density at radius 1 is 1.15 bits per heavy atom. The van der Waals surface area contributed by atoms with Crippen molar-refractivity contribution in [2.75, 3.05) is 26.2 Å². The Morgan fingerprint density at radius 3 is 2.59 bits per heavy atom. The zero-order valence-corrected chi connectivity index (χ0v) is 16.6. The molecule has 0 radical (unpaired) electrons. The Labute approximate surface area is 165 Å². The van der Waals surface area contributed by atoms with Gasteiger partial charge in [-0.25, -0.2) is 0 Å². The van der Waals surface area contributed by atoms with Crippen molar-refractivity contribution >= 4 is 17.5 Å². The number of aromatic nitrogens is 2. The van der Waals surface area contributed by atoms with Crippen molar-refractivity contribution in [3.05, 3.63) is 46.6 Å². The maximum Gasteiger partial charge on any atom is 0.226 e. The van der Waals surface area contributed by atoms with E-state index in [1.165, 1.54) is 5.56 Å². The first-order valence-electron chi connectivity index (χ1n) is 9.70. The van der Waals surface area contributed by atoms with Gasteiger partial charge in [-0.1, -0.05) is 35.8 Å². The molecule has 1 aromatic carbocycles. The lowest BCUT2D eigenvalue weighted by Crippen LogP contribution is -2.48. The third-order valence-electron chi connectivity index (χ3n) is 4.81. The van der Waals surface area contributed by atoms with Crippen LogP contribution in [0.5, 0.6) is 0 Å². The Bertz CT molecular complexity index is 724. The Morgan fingerprint density at radius 2 is 1.89 bits per heavy atom. The third-order valence-corrected chi connectivity index (χ3v) is 5.06. The fourth-order valence-corrected chi connectivity index (χ4v) is 3.40. The summed E-state index contributed by atoms with van der Waals surface area (Å²) >= 11 is 5.93. The molecule has 0 unspecified atom stereocenters. The summed E-state index contributed by atoms with van der Waals surface area (Å²) < 4.78 is 5.22. The van der Waals surface area contributed by atoms with Gasteiger partial charge in [0.25, 0.3) is 0 Å². The van der Waals surface area contributed by atoms with Crippen molar-refractivity contribution in [1.82, 2.24) is 19.9 Å². The first kappa shape index (κ1) is 19.8. The van der Waals surface area contributed by atoms with E-state index in [0.29, 0.717) is 18.7 Å². The second-order valence-corrected chi connectivity index (χ2v) is 7.43. The average Bonchev–Trinajstić information content (AvgIpc) is 3.12. The number of halogens is 1. The highest BCUT2D eigenvalue weighted by atomic mass is 35.5. The van der Waals surface area contributed by atoms with Crippen LogP contribution in [0, 0.1) is 0 Å². The molecular formula is C20H27ClN4O2. The summed E-state index contributed by atoms with van der Waals surface area (Å²) in [6.07, 6.45) is 3.78. The minimum Gasteiger partial charge on any atom is -0.340 e. The number of piperazine rings is 1. The highest BCUT2D eigenvalue weighted by Gasteiger charge is 2.21. The van der Waals surface area contributed by atoms with Gasteiger partial charge < -0.3 is 9.42 Å². The van der Waals surface area contributed by atoms with Gasteiger partial charge in [0, 0.05) is 57.0 Å². The van der Waals surface area contributed by atoms with Gasteiger partial charge in [-0.15, -0.1) is 0 Å². The summed E-state index contributed by atoms with van der Waals surface area (Å²) in [5.41, 5.74) is 1.25. The van der Waals surface area contributed by atoms with E-state index in [1.54, 1.807) is 0 Å². The van der Waals surface area contributed by atoms with Crippen LogP contribution in [0.25, 0.3) is 0 Å². The zero-order chi connectivity index (χ0) is 19.1. The molecule has 1 aromatic heterocycles. The predicted octanol–water partition coefficient (Wildman–Crippen LogP) is 3.34. The SMILES string of the molecule is CCCc1noc(CCCC(=O)N2CCN(Cc3ccc(Cl)cc3)CC2)n1. The van der Waals surface area contributed by atoms with Crippen LogP contribution in [0.2, 0.25) is 5.02 Å². The van der Waals surface area contributed by atoms with Crippen LogP contribution < -0.4 is 0 Å². The molecule has 3 rings (SSSR count). The molecular weight excluding hydrogens is 364 g/mol. The number of aryl methyl sites for hydroxylation is 2. The average molecular weight is 391 g/mol. The number of hydrogen-bond acceptors (Lipinski definition) is 5. The highest BCUT2D eigenvalue weighted by molar-refractivity contribution is 6.30. The maximum atomic E-state index is 12.4. The topological polar surface area (TPSA) is 62.5 Å². The van der Waals surface area contributed by atoms with Crippen LogP contribution >= 0.6 is 11.6 Å². The molecule has 7 heteroatoms. The lowest BCUT2D eigenvalue weighted by Gasteiger charge is -2.34. The Balaban J connectivity index is 1.36. The molecule has 1 aliphatic rings. The van der Waals surface area contributed by atoms with Gasteiger partial charge in [-0.3, -0.25) is 9.69 Å². The number of rotatable bonds is 8. The Kier molecular flexibility index (Phi) is 7.24. The van der Waals surface area contributed by atoms with Crippen molar-refractivity contribution < 1.29 is 9.32 Å². The van der Waals surface area contributed by atoms with E-state index in [0.717, 1.165) is 62.8 Å². The van der Waals surface area contributed by atoms with Crippen LogP contribution in [0.15, 0.2) is 28.8 Å². The fourth-order valence-electron chi connectivity index (χ4n) is 3.27. The zero-order valence-electron chi connectivity index (χ0n) is 15.9. The second-order valence-electron chi connectivity index (χ2n) is 6.99. The quantitative estimate of drug-likeness (QED) is 0.691. The molecule has 0 atom stereocenters. The first-order valence-corrected chi connectivity index (χ1v) is 10.1. The van der Waals surface area contributed by atoms with Crippen molar-refractivity contribution in [3.8, 4) is 0 Å². The maximum absolute atomic E-state index is 12.4. The van der Waals surface area contributed by atoms with Crippen LogP contribution in [-0.4, -0.2) is 52.0 Å². The van der Waals surface area contributed by atoms with Crippen LogP contribution in [0.3, 0.4) is 0 Å². The molecule has 6 nitrogen and oxygen atoms in total. The summed E-state index contributed by atoms with van der Waals surface area (Å²) in [6, 6.07) is 7.96. The van der Waals surface area contributed by atoms with Gasteiger partial charge in [-0.05, 0) is 30.5 Å². The third kappa shape index (κ3) is 6.04. The van der Waals surface area contributed by atoms with E-state index in [-0.39, 0.29) is 5.91 Å². The first-order chi connectivity index (χ1) is 13.1. The molecule has 0 N–H and O–H groups in total. The van der Waals surface area contributed by atoms with Gasteiger partial charge in [0.15, 0.2) is 5.82 Å². The standard InChI is InChI=1S/C20H27ClN4O2/c1-2-4-18-22-19(27-23-18)5-3-6-20(26)25-13-11-24(12-14-25)15-16-7-9-17(21)10-8-16/h7-10H,2-6,11-15H2,1H3. The number of carbonyl (C=O) groups is 1. The lowest BCUT2D eigenvalue weighted by molar-refractivity contribution is -0.133. The van der Waals surface area contributed by atoms with Crippen molar-refractivity contribution in [2.24, 2.45) is 0 Å². The minimum atomic E-state index is 0.217. The van der Waals surface area contributed by atoms with E-state index in [4.69, 9.17) is 16.1 Å². The lowest BCUT2D eigenvalue weighted by atomic mass is 10.1. The van der Waals surface area contributed by atoms with E-state index < -0.39 is 0 Å². The number of benzene rings is 1. The minimum absolute atomic E-state index is 0.217. The van der Waals surface area contributed by atoms with Crippen molar-refractivity contribution in [1.29, 1.82) is 0 Å². The van der Waals surface area contributed by atoms with Crippen molar-refractivity contribution in [2.45, 2.75) is 45.6 Å². The molecule has 1 fully saturated rings. The van der Waals surface area contributed by atoms with Gasteiger partial charge in [0.05, 0.1) is 0 Å². The smallest absolute Gasteiger partial charge is 0.226 e. The molecule has 1 saturated heterocycles. The summed E-state index contributed by atoms with van der Waals surface area (Å²) in [7, 11) is 0. The fraction of sp³-hybridized carbons (Fsp3) is 0.550. The van der Waals surface area contributed by atoms with Crippen LogP contribution in [0.1, 0.15) is 43.5 Å². The molecule has 0 spiro atoms. The molecule has 0 bridgehead atoms. The Hall–Kier alpha value is -1.92. The summed E-state index contributed by atoms with van der Waals surface area (Å²) in [5, 5.41) is 4.71. The van der Waals surface area contributed by atoms with Crippen LogP contribution in [-0.2, 0) is 24.2 Å². The molecule has 2 heterocycles. The van der Waals surface area contributed by atoms with Crippen LogP contribution in [0.4, 0.5) is 0 Å². The van der Waals surface area contributed by atoms with Gasteiger partial charge >= 0.3 is 0 Å². The van der Waals surface area contributed by atoms with E-state index in [1.807, 2.05) is 17.0 Å². The molecule has 146 valence electrons. The summed E-state index contributed by atoms with van der Waals surface area (Å²) in [4.78, 5) is 21.1.